The topological polar surface area (TPSA) is 73.6 Å². The maximum absolute atomic E-state index is 12.9. The first kappa shape index (κ1) is 21.2. The Balaban J connectivity index is 1.91. The molecule has 0 amide bonds. The maximum Gasteiger partial charge on any atom is 0.287 e. The highest BCUT2D eigenvalue weighted by Crippen LogP contribution is 2.30. The number of benzene rings is 2. The zero-order valence-electron chi connectivity index (χ0n) is 16.3. The van der Waals surface area contributed by atoms with Crippen LogP contribution in [0.1, 0.15) is 13.8 Å². The highest BCUT2D eigenvalue weighted by molar-refractivity contribution is 7.99. The van der Waals surface area contributed by atoms with Gasteiger partial charge in [0.15, 0.2) is 16.5 Å². The van der Waals surface area contributed by atoms with Gasteiger partial charge in [-0.05, 0) is 44.2 Å². The molecule has 1 heterocycles. The first-order chi connectivity index (χ1) is 13.8. The lowest BCUT2D eigenvalue weighted by Crippen LogP contribution is -2.28. The summed E-state index contributed by atoms with van der Waals surface area (Å²) in [5, 5.41) is 10.8. The lowest BCUT2D eigenvalue weighted by Gasteiger charge is -2.19. The Morgan fingerprint density at radius 1 is 1.21 bits per heavy atom. The van der Waals surface area contributed by atoms with E-state index < -0.39 is 5.60 Å². The quantitative estimate of drug-likeness (QED) is 0.603. The molecular weight excluding hydrogens is 412 g/mol. The Labute approximate surface area is 178 Å². The van der Waals surface area contributed by atoms with Crippen molar-refractivity contribution in [2.24, 2.45) is 0 Å². The molecule has 0 aliphatic heterocycles. The van der Waals surface area contributed by atoms with Crippen molar-refractivity contribution in [1.29, 1.82) is 0 Å². The Hall–Kier alpha value is -2.48. The van der Waals surface area contributed by atoms with Crippen molar-refractivity contribution < 1.29 is 14.6 Å². The summed E-state index contributed by atoms with van der Waals surface area (Å²) >= 11 is 7.27. The van der Waals surface area contributed by atoms with Gasteiger partial charge in [0.25, 0.3) is 5.56 Å². The largest absolute Gasteiger partial charge is 0.493 e. The fourth-order valence-electron chi connectivity index (χ4n) is 2.49. The first-order valence-corrected chi connectivity index (χ1v) is 10.0. The minimum Gasteiger partial charge on any atom is -0.493 e. The molecule has 0 fully saturated rings. The van der Waals surface area contributed by atoms with E-state index in [9.17, 15) is 9.90 Å². The number of halogens is 1. The summed E-state index contributed by atoms with van der Waals surface area (Å²) < 4.78 is 12.5. The second-order valence-electron chi connectivity index (χ2n) is 6.90. The third kappa shape index (κ3) is 5.53. The predicted octanol–water partition coefficient (Wildman–Crippen LogP) is 4.20. The van der Waals surface area contributed by atoms with Crippen LogP contribution in [0.15, 0.2) is 69.6 Å². The van der Waals surface area contributed by atoms with E-state index in [1.54, 1.807) is 56.6 Å². The summed E-state index contributed by atoms with van der Waals surface area (Å²) in [6.45, 7) is 3.42. The molecule has 0 spiro atoms. The smallest absolute Gasteiger partial charge is 0.287 e. The lowest BCUT2D eigenvalue weighted by molar-refractivity contribution is 0.0276. The van der Waals surface area contributed by atoms with Crippen LogP contribution in [0, 0.1) is 0 Å². The molecule has 0 bridgehead atoms. The fourth-order valence-corrected chi connectivity index (χ4v) is 3.60. The molecule has 1 aromatic heterocycles. The zero-order chi connectivity index (χ0) is 21.0. The summed E-state index contributed by atoms with van der Waals surface area (Å²) in [5.74, 6) is 0.938. The molecule has 0 saturated heterocycles. The molecule has 0 unspecified atom stereocenters. The van der Waals surface area contributed by atoms with Gasteiger partial charge in [-0.15, -0.1) is 0 Å². The van der Waals surface area contributed by atoms with Crippen molar-refractivity contribution >= 4 is 23.4 Å². The van der Waals surface area contributed by atoms with E-state index in [-0.39, 0.29) is 12.2 Å². The summed E-state index contributed by atoms with van der Waals surface area (Å²) in [6.07, 6.45) is 3.16. The Kier molecular flexibility index (Phi) is 6.52. The van der Waals surface area contributed by atoms with Crippen LogP contribution >= 0.6 is 23.4 Å². The van der Waals surface area contributed by atoms with Crippen molar-refractivity contribution in [2.75, 3.05) is 13.7 Å². The van der Waals surface area contributed by atoms with Crippen LogP contribution in [0.5, 0.6) is 11.5 Å². The Morgan fingerprint density at radius 3 is 2.69 bits per heavy atom. The second kappa shape index (κ2) is 8.90. The summed E-state index contributed by atoms with van der Waals surface area (Å²) in [5.41, 5.74) is -0.624. The molecule has 0 radical (unpaired) electrons. The number of hydrogen-bond acceptors (Lipinski definition) is 6. The van der Waals surface area contributed by atoms with Gasteiger partial charge in [0.2, 0.25) is 0 Å². The van der Waals surface area contributed by atoms with E-state index in [2.05, 4.69) is 4.98 Å². The molecular formula is C21H21ClN2O4S. The average Bonchev–Trinajstić information content (AvgIpc) is 2.67. The number of hydrogen-bond donors (Lipinski definition) is 1. The molecule has 0 aliphatic carbocycles. The van der Waals surface area contributed by atoms with Gasteiger partial charge in [-0.1, -0.05) is 29.4 Å². The number of rotatable bonds is 7. The van der Waals surface area contributed by atoms with Crippen LogP contribution in [0.4, 0.5) is 0 Å². The van der Waals surface area contributed by atoms with Gasteiger partial charge < -0.3 is 14.6 Å². The monoisotopic (exact) mass is 432 g/mol. The van der Waals surface area contributed by atoms with Crippen molar-refractivity contribution in [2.45, 2.75) is 29.4 Å². The maximum atomic E-state index is 12.9. The van der Waals surface area contributed by atoms with Crippen LogP contribution in [-0.4, -0.2) is 34.0 Å². The van der Waals surface area contributed by atoms with Gasteiger partial charge in [-0.3, -0.25) is 9.36 Å². The van der Waals surface area contributed by atoms with E-state index in [4.69, 9.17) is 21.1 Å². The molecule has 1 N–H and O–H groups in total. The normalized spacial score (nSPS) is 11.3. The van der Waals surface area contributed by atoms with Crippen molar-refractivity contribution in [3.05, 3.63) is 70.2 Å². The summed E-state index contributed by atoms with van der Waals surface area (Å²) in [7, 11) is 1.52. The molecule has 29 heavy (non-hydrogen) atoms. The van der Waals surface area contributed by atoms with E-state index in [1.807, 2.05) is 12.1 Å². The number of aliphatic hydroxyl groups is 1. The molecule has 0 aliphatic rings. The van der Waals surface area contributed by atoms with Crippen molar-refractivity contribution in [1.82, 2.24) is 9.55 Å². The molecule has 0 atom stereocenters. The van der Waals surface area contributed by atoms with E-state index in [1.165, 1.54) is 23.4 Å². The zero-order valence-corrected chi connectivity index (χ0v) is 17.8. The van der Waals surface area contributed by atoms with Crippen molar-refractivity contribution in [3.8, 4) is 17.2 Å². The lowest BCUT2D eigenvalue weighted by atomic mass is 10.2. The minimum absolute atomic E-state index is 0.109. The summed E-state index contributed by atoms with van der Waals surface area (Å²) in [6, 6.07) is 12.4. The third-order valence-electron chi connectivity index (χ3n) is 3.83. The van der Waals surface area contributed by atoms with Crippen molar-refractivity contribution in [3.63, 3.8) is 0 Å². The SMILES string of the molecule is COc1cc(-n2ccnc(Sc3cccc(Cl)c3)c2=O)ccc1OCC(C)(C)O. The Morgan fingerprint density at radius 2 is 2.00 bits per heavy atom. The predicted molar refractivity (Wildman–Crippen MR) is 114 cm³/mol. The molecule has 152 valence electrons. The standard InChI is InChI=1S/C21H21ClN2O4S/c1-21(2,26)13-28-17-8-7-15(12-18(17)27-3)24-10-9-23-19(20(24)25)29-16-6-4-5-14(22)11-16/h4-12,26H,13H2,1-3H3. The van der Waals surface area contributed by atoms with Gasteiger partial charge in [0.05, 0.1) is 18.4 Å². The van der Waals surface area contributed by atoms with Gasteiger partial charge in [-0.25, -0.2) is 4.98 Å². The molecule has 0 saturated carbocycles. The number of aromatic nitrogens is 2. The number of methoxy groups -OCH3 is 1. The number of nitrogens with zero attached hydrogens (tertiary/aromatic N) is 2. The highest BCUT2D eigenvalue weighted by Gasteiger charge is 2.16. The molecule has 6 nitrogen and oxygen atoms in total. The van der Waals surface area contributed by atoms with Crippen LogP contribution in [0.25, 0.3) is 5.69 Å². The van der Waals surface area contributed by atoms with Crippen LogP contribution < -0.4 is 15.0 Å². The first-order valence-electron chi connectivity index (χ1n) is 8.81. The van der Waals surface area contributed by atoms with E-state index in [0.29, 0.717) is 27.2 Å². The van der Waals surface area contributed by atoms with Gasteiger partial charge in [-0.2, -0.15) is 0 Å². The molecule has 2 aromatic carbocycles. The second-order valence-corrected chi connectivity index (χ2v) is 8.40. The van der Waals surface area contributed by atoms with E-state index >= 15 is 0 Å². The van der Waals surface area contributed by atoms with Crippen LogP contribution in [-0.2, 0) is 0 Å². The van der Waals surface area contributed by atoms with Crippen LogP contribution in [0.2, 0.25) is 5.02 Å². The molecule has 3 rings (SSSR count). The highest BCUT2D eigenvalue weighted by atomic mass is 35.5. The summed E-state index contributed by atoms with van der Waals surface area (Å²) in [4.78, 5) is 18.0. The average molecular weight is 433 g/mol. The molecule has 3 aromatic rings. The van der Waals surface area contributed by atoms with Gasteiger partial charge in [0.1, 0.15) is 6.61 Å². The van der Waals surface area contributed by atoms with Gasteiger partial charge >= 0.3 is 0 Å². The van der Waals surface area contributed by atoms with E-state index in [0.717, 1.165) is 4.90 Å². The molecule has 8 heteroatoms. The fraction of sp³-hybridized carbons (Fsp3) is 0.238. The minimum atomic E-state index is -0.974. The Bertz CT molecular complexity index is 1060. The van der Waals surface area contributed by atoms with Gasteiger partial charge in [0, 0.05) is 28.4 Å². The van der Waals surface area contributed by atoms with Crippen LogP contribution in [0.3, 0.4) is 0 Å². The number of ether oxygens (including phenoxy) is 2. The third-order valence-corrected chi connectivity index (χ3v) is 5.02.